The molecule has 2 aromatic carbocycles. The molecule has 13 nitrogen and oxygen atoms in total. The van der Waals surface area contributed by atoms with Crippen molar-refractivity contribution >= 4 is 54.9 Å². The molecule has 2 fully saturated rings. The number of nitrogens with zero attached hydrogens (tertiary/aromatic N) is 6. The molecule has 66 heavy (non-hydrogen) atoms. The third-order valence-corrected chi connectivity index (χ3v) is 13.5. The maximum absolute atomic E-state index is 13.6. The normalized spacial score (nSPS) is 18.0. The standard InChI is InChI=1S/C43H50N10O3S2.2C3H8.C2H6/c1-7-43(16-8-9-17-53(43)36(55)21-45-27(5)56-6)42-47-19-33(51-42)31-14-12-29(38-40(31)58-24-49-38)28-11-13-30(39-37(28)48-23-57-39)32-18-46-41(50-32)34-15-10-26(4)22-52(34)35(54)20-44-25(2)3;2*1-3-2;1-2/h11-14,18-19,23-24,26,34,44-45H,2,5,7-10,15-17,20-22H2,1,3-4,6H3,(H,46,50)(H,47,51);2*3H2,1-2H3;1-2H3/t26-,34?,43+;;;/m0.../s1. The summed E-state index contributed by atoms with van der Waals surface area (Å²) in [5, 5.41) is 6.09. The van der Waals surface area contributed by atoms with Gasteiger partial charge in [-0.1, -0.05) is 99.1 Å². The molecule has 2 aliphatic rings. The molecule has 8 rings (SSSR count). The van der Waals surface area contributed by atoms with E-state index in [-0.39, 0.29) is 30.9 Å². The van der Waals surface area contributed by atoms with Gasteiger partial charge < -0.3 is 35.1 Å². The van der Waals surface area contributed by atoms with Crippen LogP contribution in [0.15, 0.2) is 72.4 Å². The first-order chi connectivity index (χ1) is 31.9. The SMILES string of the molecule is C=C(C)NCC(=O)N1C[C@@H](C)CCC1c1ncc(-c2ccc(-c3ccc(-c4cnc([C@@]5(CC)CCCCN5C(=O)CNC(=C)OC)[nH]4)c4scnc34)c3ncsc23)[nH]1.CC.CCC.CCC. The number of fused-ring (bicyclic) bond motifs is 2. The van der Waals surface area contributed by atoms with Crippen LogP contribution in [0.5, 0.6) is 0 Å². The molecule has 4 aromatic heterocycles. The van der Waals surface area contributed by atoms with Gasteiger partial charge in [-0.3, -0.25) is 9.59 Å². The number of hydrogen-bond donors (Lipinski definition) is 4. The highest BCUT2D eigenvalue weighted by atomic mass is 32.1. The monoisotopic (exact) mass is 937 g/mol. The van der Waals surface area contributed by atoms with E-state index in [1.807, 2.05) is 54.0 Å². The minimum atomic E-state index is -0.544. The van der Waals surface area contributed by atoms with Crippen molar-refractivity contribution in [2.75, 3.05) is 33.3 Å². The number of H-pyrrole nitrogens is 2. The van der Waals surface area contributed by atoms with Crippen LogP contribution >= 0.6 is 22.7 Å². The summed E-state index contributed by atoms with van der Waals surface area (Å²) in [6.07, 6.45) is 11.7. The number of carbonyl (C=O) groups is 2. The summed E-state index contributed by atoms with van der Waals surface area (Å²) in [6, 6.07) is 8.39. The van der Waals surface area contributed by atoms with Crippen molar-refractivity contribution in [3.8, 4) is 33.6 Å². The van der Waals surface area contributed by atoms with E-state index in [9.17, 15) is 9.59 Å². The number of piperidine rings is 2. The molecule has 2 amide bonds. The van der Waals surface area contributed by atoms with Gasteiger partial charge in [-0.15, -0.1) is 22.7 Å². The van der Waals surface area contributed by atoms with Crippen molar-refractivity contribution in [1.29, 1.82) is 0 Å². The summed E-state index contributed by atoms with van der Waals surface area (Å²) in [6.45, 7) is 28.1. The van der Waals surface area contributed by atoms with Crippen LogP contribution < -0.4 is 10.6 Å². The summed E-state index contributed by atoms with van der Waals surface area (Å²) in [4.78, 5) is 57.6. The lowest BCUT2D eigenvalue weighted by atomic mass is 9.83. The molecular formula is C51H72N10O3S2. The Bertz CT molecular complexity index is 2540. The molecular weight excluding hydrogens is 865 g/mol. The first-order valence-electron chi connectivity index (χ1n) is 23.7. The molecule has 6 aromatic rings. The number of allylic oxidation sites excluding steroid dienone is 1. The first-order valence-corrected chi connectivity index (χ1v) is 25.5. The average Bonchev–Trinajstić information content (AvgIpc) is 4.19. The zero-order chi connectivity index (χ0) is 48.0. The number of methoxy groups -OCH3 is 1. The number of carbonyl (C=O) groups excluding carboxylic acids is 2. The lowest BCUT2D eigenvalue weighted by molar-refractivity contribution is -0.140. The molecule has 2 saturated heterocycles. The molecule has 356 valence electrons. The minimum absolute atomic E-state index is 0.0102. The Morgan fingerprint density at radius 1 is 0.803 bits per heavy atom. The van der Waals surface area contributed by atoms with Gasteiger partial charge in [0.05, 0.1) is 81.5 Å². The Hall–Kier alpha value is -5.54. The highest BCUT2D eigenvalue weighted by Gasteiger charge is 2.44. The summed E-state index contributed by atoms with van der Waals surface area (Å²) in [5.41, 5.74) is 11.6. The van der Waals surface area contributed by atoms with Gasteiger partial charge in [0.2, 0.25) is 11.8 Å². The van der Waals surface area contributed by atoms with Gasteiger partial charge in [-0.05, 0) is 57.9 Å². The van der Waals surface area contributed by atoms with Crippen LogP contribution in [0.4, 0.5) is 0 Å². The summed E-state index contributed by atoms with van der Waals surface area (Å²) in [7, 11) is 1.53. The van der Waals surface area contributed by atoms with E-state index in [4.69, 9.17) is 24.7 Å². The van der Waals surface area contributed by atoms with Crippen molar-refractivity contribution in [2.24, 2.45) is 5.92 Å². The fourth-order valence-electron chi connectivity index (χ4n) is 8.66. The number of amides is 2. The molecule has 0 saturated carbocycles. The molecule has 3 atom stereocenters. The molecule has 0 aliphatic carbocycles. The van der Waals surface area contributed by atoms with Crippen molar-refractivity contribution in [1.82, 2.24) is 50.3 Å². The van der Waals surface area contributed by atoms with Gasteiger partial charge in [0, 0.05) is 41.0 Å². The third-order valence-electron chi connectivity index (χ3n) is 11.8. The molecule has 15 heteroatoms. The van der Waals surface area contributed by atoms with E-state index in [0.717, 1.165) is 110 Å². The highest BCUT2D eigenvalue weighted by molar-refractivity contribution is 7.17. The molecule has 1 unspecified atom stereocenters. The molecule has 0 spiro atoms. The second kappa shape index (κ2) is 24.3. The van der Waals surface area contributed by atoms with E-state index >= 15 is 0 Å². The van der Waals surface area contributed by atoms with Gasteiger partial charge >= 0.3 is 0 Å². The zero-order valence-electron chi connectivity index (χ0n) is 40.9. The average molecular weight is 937 g/mol. The molecule has 2 aliphatic heterocycles. The molecule has 0 radical (unpaired) electrons. The zero-order valence-corrected chi connectivity index (χ0v) is 42.5. The third kappa shape index (κ3) is 11.3. The van der Waals surface area contributed by atoms with E-state index in [1.165, 1.54) is 20.0 Å². The van der Waals surface area contributed by atoms with Crippen LogP contribution in [0, 0.1) is 5.92 Å². The van der Waals surface area contributed by atoms with Crippen molar-refractivity contribution in [2.45, 2.75) is 125 Å². The van der Waals surface area contributed by atoms with Gasteiger partial charge in [-0.2, -0.15) is 0 Å². The van der Waals surface area contributed by atoms with Crippen LogP contribution in [0.25, 0.3) is 54.1 Å². The predicted octanol–water partition coefficient (Wildman–Crippen LogP) is 12.0. The van der Waals surface area contributed by atoms with Gasteiger partial charge in [0.25, 0.3) is 0 Å². The van der Waals surface area contributed by atoms with Crippen LogP contribution in [-0.2, 0) is 19.9 Å². The van der Waals surface area contributed by atoms with Crippen LogP contribution in [-0.4, -0.2) is 84.8 Å². The number of imidazole rings is 2. The highest BCUT2D eigenvalue weighted by Crippen LogP contribution is 2.44. The quantitative estimate of drug-likeness (QED) is 0.0828. The Morgan fingerprint density at radius 2 is 1.36 bits per heavy atom. The van der Waals surface area contributed by atoms with E-state index in [0.29, 0.717) is 24.9 Å². The Labute approximate surface area is 400 Å². The fraction of sp³-hybridized carbons (Fsp3) is 0.490. The number of likely N-dealkylation sites (tertiary alicyclic amines) is 2. The lowest BCUT2D eigenvalue weighted by Crippen LogP contribution is -2.54. The topological polar surface area (TPSA) is 157 Å². The van der Waals surface area contributed by atoms with Crippen molar-refractivity contribution in [3.63, 3.8) is 0 Å². The van der Waals surface area contributed by atoms with Gasteiger partial charge in [-0.25, -0.2) is 19.9 Å². The largest absolute Gasteiger partial charge is 0.483 e. The maximum atomic E-state index is 13.6. The summed E-state index contributed by atoms with van der Waals surface area (Å²) >= 11 is 3.19. The number of thiazole rings is 2. The first kappa shape index (κ1) is 51.4. The van der Waals surface area contributed by atoms with E-state index in [1.54, 1.807) is 22.7 Å². The second-order valence-corrected chi connectivity index (χ2v) is 18.6. The number of rotatable bonds is 13. The number of ether oxygens (including phenoxy) is 1. The Balaban J connectivity index is 0.000000957. The van der Waals surface area contributed by atoms with Gasteiger partial charge in [0.15, 0.2) is 5.88 Å². The molecule has 0 bridgehead atoms. The van der Waals surface area contributed by atoms with Crippen LogP contribution in [0.2, 0.25) is 0 Å². The maximum Gasteiger partial charge on any atom is 0.242 e. The number of aromatic nitrogens is 6. The van der Waals surface area contributed by atoms with E-state index in [2.05, 4.69) is 99.6 Å². The number of hydrogen-bond acceptors (Lipinski definition) is 11. The predicted molar refractivity (Wildman–Crippen MR) is 274 cm³/mol. The van der Waals surface area contributed by atoms with Gasteiger partial charge in [0.1, 0.15) is 17.2 Å². The summed E-state index contributed by atoms with van der Waals surface area (Å²) < 4.78 is 7.22. The fourth-order valence-corrected chi connectivity index (χ4v) is 10.3. The van der Waals surface area contributed by atoms with Crippen LogP contribution in [0.3, 0.4) is 0 Å². The minimum Gasteiger partial charge on any atom is -0.483 e. The van der Waals surface area contributed by atoms with Crippen molar-refractivity contribution < 1.29 is 14.3 Å². The van der Waals surface area contributed by atoms with Crippen LogP contribution in [0.1, 0.15) is 131 Å². The number of aromatic amines is 2. The van der Waals surface area contributed by atoms with E-state index < -0.39 is 5.54 Å². The molecule has 4 N–H and O–H groups in total. The number of benzene rings is 2. The van der Waals surface area contributed by atoms with Crippen molar-refractivity contribution in [3.05, 3.63) is 84.1 Å². The Morgan fingerprint density at radius 3 is 1.94 bits per heavy atom. The Kier molecular flexibility index (Phi) is 18.9. The second-order valence-electron chi connectivity index (χ2n) is 16.9. The lowest BCUT2D eigenvalue weighted by Gasteiger charge is -2.45. The molecule has 6 heterocycles. The summed E-state index contributed by atoms with van der Waals surface area (Å²) in [5.74, 6) is 2.42. The smallest absolute Gasteiger partial charge is 0.242 e. The number of nitrogens with one attached hydrogen (secondary N) is 4.